The molecule has 92 valence electrons. The number of carbonyl (C=O) groups is 1. The molecule has 1 heterocycles. The van der Waals surface area contributed by atoms with Gasteiger partial charge in [0, 0.05) is 30.1 Å². The van der Waals surface area contributed by atoms with Crippen LogP contribution in [-0.2, 0) is 0 Å². The highest BCUT2D eigenvalue weighted by Crippen LogP contribution is 2.14. The topological polar surface area (TPSA) is 58.4 Å². The van der Waals surface area contributed by atoms with E-state index < -0.39 is 0 Å². The molecule has 1 saturated heterocycles. The zero-order chi connectivity index (χ0) is 12.1. The summed E-state index contributed by atoms with van der Waals surface area (Å²) in [4.78, 5) is 14.2. The summed E-state index contributed by atoms with van der Waals surface area (Å²) in [6, 6.07) is 7.27. The first-order chi connectivity index (χ1) is 8.31. The Morgan fingerprint density at radius 3 is 2.71 bits per heavy atom. The van der Waals surface area contributed by atoms with Crippen molar-refractivity contribution >= 4 is 23.4 Å². The summed E-state index contributed by atoms with van der Waals surface area (Å²) >= 11 is 1.92. The van der Waals surface area contributed by atoms with Crippen LogP contribution in [0.1, 0.15) is 16.8 Å². The van der Waals surface area contributed by atoms with E-state index in [1.807, 2.05) is 40.9 Å². The van der Waals surface area contributed by atoms with Crippen LogP contribution in [0.5, 0.6) is 0 Å². The van der Waals surface area contributed by atoms with Crippen molar-refractivity contribution in [3.05, 3.63) is 29.8 Å². The molecule has 17 heavy (non-hydrogen) atoms. The number of nitrogens with one attached hydrogen (secondary N) is 1. The molecule has 1 aromatic carbocycles. The number of nitrogen functional groups attached to an aromatic ring is 1. The Kier molecular flexibility index (Phi) is 4.28. The van der Waals surface area contributed by atoms with E-state index in [0.29, 0.717) is 0 Å². The van der Waals surface area contributed by atoms with E-state index in [0.717, 1.165) is 42.3 Å². The van der Waals surface area contributed by atoms with Crippen molar-refractivity contribution in [3.63, 3.8) is 0 Å². The summed E-state index contributed by atoms with van der Waals surface area (Å²) in [6.07, 6.45) is 1.08. The van der Waals surface area contributed by atoms with E-state index in [2.05, 4.69) is 5.43 Å². The molecule has 1 aromatic rings. The molecule has 1 aliphatic heterocycles. The summed E-state index contributed by atoms with van der Waals surface area (Å²) in [6.45, 7) is 1.71. The molecule has 0 bridgehead atoms. The van der Waals surface area contributed by atoms with Gasteiger partial charge in [0.2, 0.25) is 0 Å². The highest BCUT2D eigenvalue weighted by Gasteiger charge is 2.16. The van der Waals surface area contributed by atoms with E-state index in [-0.39, 0.29) is 5.91 Å². The summed E-state index contributed by atoms with van der Waals surface area (Å²) in [5.74, 6) is 7.60. The van der Waals surface area contributed by atoms with E-state index in [1.54, 1.807) is 0 Å². The second-order valence-electron chi connectivity index (χ2n) is 3.98. The van der Waals surface area contributed by atoms with Crippen LogP contribution in [-0.4, -0.2) is 35.4 Å². The van der Waals surface area contributed by atoms with Crippen LogP contribution < -0.4 is 11.3 Å². The zero-order valence-corrected chi connectivity index (χ0v) is 10.5. The van der Waals surface area contributed by atoms with Crippen LogP contribution in [0, 0.1) is 0 Å². The highest BCUT2D eigenvalue weighted by molar-refractivity contribution is 7.99. The quantitative estimate of drug-likeness (QED) is 0.618. The second-order valence-corrected chi connectivity index (χ2v) is 5.20. The molecule has 1 aliphatic rings. The summed E-state index contributed by atoms with van der Waals surface area (Å²) < 4.78 is 0. The lowest BCUT2D eigenvalue weighted by Gasteiger charge is -2.20. The molecule has 0 atom stereocenters. The van der Waals surface area contributed by atoms with Gasteiger partial charge in [0.15, 0.2) is 0 Å². The Hall–Kier alpha value is -1.20. The molecular weight excluding hydrogens is 234 g/mol. The Bertz CT molecular complexity index is 372. The van der Waals surface area contributed by atoms with Crippen LogP contribution in [0.3, 0.4) is 0 Å². The van der Waals surface area contributed by atoms with Crippen LogP contribution in [0.2, 0.25) is 0 Å². The minimum atomic E-state index is 0.121. The lowest BCUT2D eigenvalue weighted by atomic mass is 10.2. The van der Waals surface area contributed by atoms with Gasteiger partial charge in [-0.3, -0.25) is 10.6 Å². The molecule has 0 radical (unpaired) electrons. The third-order valence-electron chi connectivity index (χ3n) is 2.81. The molecule has 1 amide bonds. The van der Waals surface area contributed by atoms with E-state index in [4.69, 9.17) is 5.84 Å². The third kappa shape index (κ3) is 3.14. The van der Waals surface area contributed by atoms with Gasteiger partial charge >= 0.3 is 0 Å². The molecule has 3 N–H and O–H groups in total. The van der Waals surface area contributed by atoms with Gasteiger partial charge in [-0.05, 0) is 36.4 Å². The number of benzene rings is 1. The largest absolute Gasteiger partial charge is 0.338 e. The van der Waals surface area contributed by atoms with Crippen molar-refractivity contribution in [2.75, 3.05) is 30.0 Å². The van der Waals surface area contributed by atoms with Crippen molar-refractivity contribution in [3.8, 4) is 0 Å². The Morgan fingerprint density at radius 1 is 1.24 bits per heavy atom. The fourth-order valence-electron chi connectivity index (χ4n) is 1.84. The number of hydrogen-bond donors (Lipinski definition) is 2. The van der Waals surface area contributed by atoms with E-state index >= 15 is 0 Å². The fourth-order valence-corrected chi connectivity index (χ4v) is 2.73. The van der Waals surface area contributed by atoms with Crippen molar-refractivity contribution in [2.45, 2.75) is 6.42 Å². The first-order valence-corrected chi connectivity index (χ1v) is 6.90. The van der Waals surface area contributed by atoms with Crippen molar-refractivity contribution in [1.29, 1.82) is 0 Å². The Balaban J connectivity index is 2.06. The zero-order valence-electron chi connectivity index (χ0n) is 9.69. The maximum absolute atomic E-state index is 12.2. The fraction of sp³-hybridized carbons (Fsp3) is 0.417. The Labute approximate surface area is 106 Å². The van der Waals surface area contributed by atoms with Crippen LogP contribution in [0.15, 0.2) is 24.3 Å². The summed E-state index contributed by atoms with van der Waals surface area (Å²) in [5, 5.41) is 0. The number of anilines is 1. The van der Waals surface area contributed by atoms with Gasteiger partial charge < -0.3 is 10.3 Å². The molecule has 4 nitrogen and oxygen atoms in total. The third-order valence-corrected chi connectivity index (χ3v) is 3.86. The molecule has 0 saturated carbocycles. The molecule has 0 unspecified atom stereocenters. The predicted molar refractivity (Wildman–Crippen MR) is 72.1 cm³/mol. The number of hydrogen-bond acceptors (Lipinski definition) is 4. The van der Waals surface area contributed by atoms with Crippen molar-refractivity contribution in [1.82, 2.24) is 4.90 Å². The number of nitrogens with two attached hydrogens (primary N) is 1. The van der Waals surface area contributed by atoms with Crippen molar-refractivity contribution in [2.24, 2.45) is 5.84 Å². The van der Waals surface area contributed by atoms with Gasteiger partial charge in [-0.2, -0.15) is 11.8 Å². The van der Waals surface area contributed by atoms with Gasteiger partial charge in [-0.25, -0.2) is 0 Å². The minimum absolute atomic E-state index is 0.121. The molecule has 0 spiro atoms. The van der Waals surface area contributed by atoms with E-state index in [9.17, 15) is 4.79 Å². The standard InChI is InChI=1S/C12H17N3OS/c13-14-11-4-2-10(3-5-11)12(16)15-6-1-8-17-9-7-15/h2-5,14H,1,6-9,13H2. The first-order valence-electron chi connectivity index (χ1n) is 5.75. The average Bonchev–Trinajstić information content (AvgIpc) is 2.67. The number of rotatable bonds is 2. The average molecular weight is 251 g/mol. The van der Waals surface area contributed by atoms with Crippen LogP contribution in [0.25, 0.3) is 0 Å². The smallest absolute Gasteiger partial charge is 0.253 e. The van der Waals surface area contributed by atoms with Gasteiger partial charge in [0.1, 0.15) is 0 Å². The van der Waals surface area contributed by atoms with Gasteiger partial charge in [-0.1, -0.05) is 0 Å². The number of carbonyl (C=O) groups excluding carboxylic acids is 1. The highest BCUT2D eigenvalue weighted by atomic mass is 32.2. The summed E-state index contributed by atoms with van der Waals surface area (Å²) in [7, 11) is 0. The Morgan fingerprint density at radius 2 is 2.00 bits per heavy atom. The molecule has 0 aliphatic carbocycles. The van der Waals surface area contributed by atoms with Gasteiger partial charge in [0.05, 0.1) is 0 Å². The lowest BCUT2D eigenvalue weighted by molar-refractivity contribution is 0.0768. The monoisotopic (exact) mass is 251 g/mol. The number of hydrazine groups is 1. The van der Waals surface area contributed by atoms with Crippen LogP contribution >= 0.6 is 11.8 Å². The molecular formula is C12H17N3OS. The maximum atomic E-state index is 12.2. The van der Waals surface area contributed by atoms with Crippen molar-refractivity contribution < 1.29 is 4.79 Å². The SMILES string of the molecule is NNc1ccc(C(=O)N2CCCSCC2)cc1. The first kappa shape index (κ1) is 12.3. The lowest BCUT2D eigenvalue weighted by Crippen LogP contribution is -2.32. The van der Waals surface area contributed by atoms with Crippen LogP contribution in [0.4, 0.5) is 5.69 Å². The summed E-state index contributed by atoms with van der Waals surface area (Å²) in [5.41, 5.74) is 4.10. The predicted octanol–water partition coefficient (Wildman–Crippen LogP) is 1.55. The minimum Gasteiger partial charge on any atom is -0.338 e. The molecule has 1 fully saturated rings. The maximum Gasteiger partial charge on any atom is 0.253 e. The number of nitrogens with zero attached hydrogens (tertiary/aromatic N) is 1. The second kappa shape index (κ2) is 5.93. The van der Waals surface area contributed by atoms with Gasteiger partial charge in [-0.15, -0.1) is 0 Å². The molecule has 5 heteroatoms. The number of thioether (sulfide) groups is 1. The normalized spacial score (nSPS) is 16.4. The molecule has 2 rings (SSSR count). The van der Waals surface area contributed by atoms with E-state index in [1.165, 1.54) is 0 Å². The van der Waals surface area contributed by atoms with Gasteiger partial charge in [0.25, 0.3) is 5.91 Å². The molecule has 0 aromatic heterocycles. The number of amides is 1.